The lowest BCUT2D eigenvalue weighted by Gasteiger charge is -2.19. The van der Waals surface area contributed by atoms with Gasteiger partial charge in [0.1, 0.15) is 5.75 Å². The average Bonchev–Trinajstić information content (AvgIpc) is 2.78. The molecule has 1 heterocycles. The zero-order valence-corrected chi connectivity index (χ0v) is 13.0. The second-order valence-corrected chi connectivity index (χ2v) is 5.54. The molecule has 2 unspecified atom stereocenters. The summed E-state index contributed by atoms with van der Waals surface area (Å²) in [5.41, 5.74) is 7.11. The fourth-order valence-electron chi connectivity index (χ4n) is 2.55. The summed E-state index contributed by atoms with van der Waals surface area (Å²) in [7, 11) is 1.70. The first-order valence-electron chi connectivity index (χ1n) is 6.40. The molecule has 0 saturated carbocycles. The first kappa shape index (κ1) is 16.6. The number of halogens is 2. The predicted molar refractivity (Wildman–Crippen MR) is 82.3 cm³/mol. The van der Waals surface area contributed by atoms with Crippen LogP contribution >= 0.6 is 24.0 Å². The van der Waals surface area contributed by atoms with Crippen LogP contribution in [0.15, 0.2) is 18.2 Å². The Morgan fingerprint density at radius 3 is 2.84 bits per heavy atom. The van der Waals surface area contributed by atoms with E-state index >= 15 is 0 Å². The minimum Gasteiger partial charge on any atom is -0.496 e. The largest absolute Gasteiger partial charge is 0.496 e. The van der Waals surface area contributed by atoms with Crippen LogP contribution in [0.3, 0.4) is 0 Å². The molecule has 1 saturated heterocycles. The maximum atomic E-state index is 6.04. The number of hydrogen-bond donors (Lipinski definition) is 1. The van der Waals surface area contributed by atoms with Gasteiger partial charge in [0, 0.05) is 29.7 Å². The molecule has 19 heavy (non-hydrogen) atoms. The van der Waals surface area contributed by atoms with Gasteiger partial charge in [0.15, 0.2) is 0 Å². The Morgan fingerprint density at radius 1 is 1.53 bits per heavy atom. The molecule has 0 aromatic heterocycles. The zero-order valence-electron chi connectivity index (χ0n) is 11.4. The van der Waals surface area contributed by atoms with Crippen molar-refractivity contribution in [3.05, 3.63) is 28.8 Å². The Labute approximate surface area is 126 Å². The smallest absolute Gasteiger partial charge is 0.123 e. The first-order valence-corrected chi connectivity index (χ1v) is 6.78. The van der Waals surface area contributed by atoms with Crippen molar-refractivity contribution in [3.8, 4) is 5.75 Å². The molecule has 5 heteroatoms. The number of nitrogens with two attached hydrogens (primary N) is 1. The van der Waals surface area contributed by atoms with Gasteiger partial charge in [-0.25, -0.2) is 0 Å². The Hall–Kier alpha value is -0.480. The van der Waals surface area contributed by atoms with Crippen LogP contribution in [0.5, 0.6) is 5.75 Å². The summed E-state index contributed by atoms with van der Waals surface area (Å²) in [5.74, 6) is 1.51. The van der Waals surface area contributed by atoms with Crippen LogP contribution in [-0.4, -0.2) is 31.1 Å². The fourth-order valence-corrected chi connectivity index (χ4v) is 2.74. The Kier molecular flexibility index (Phi) is 6.40. The van der Waals surface area contributed by atoms with Gasteiger partial charge in [0.25, 0.3) is 0 Å². The third kappa shape index (κ3) is 4.25. The molecule has 0 amide bonds. The van der Waals surface area contributed by atoms with E-state index in [4.69, 9.17) is 22.1 Å². The van der Waals surface area contributed by atoms with Crippen LogP contribution in [0.2, 0.25) is 5.02 Å². The Bertz CT molecular complexity index is 412. The lowest BCUT2D eigenvalue weighted by Crippen LogP contribution is -2.29. The van der Waals surface area contributed by atoms with Crippen LogP contribution < -0.4 is 10.5 Å². The molecule has 0 bridgehead atoms. The molecule has 108 valence electrons. The van der Waals surface area contributed by atoms with E-state index in [1.54, 1.807) is 7.11 Å². The van der Waals surface area contributed by atoms with E-state index in [1.165, 1.54) is 6.42 Å². The quantitative estimate of drug-likeness (QED) is 0.929. The number of methoxy groups -OCH3 is 1. The van der Waals surface area contributed by atoms with Gasteiger partial charge >= 0.3 is 0 Å². The normalized spacial score (nSPS) is 20.9. The number of nitrogens with zero attached hydrogens (tertiary/aromatic N) is 1. The molecule has 0 spiro atoms. The second kappa shape index (κ2) is 7.34. The third-order valence-corrected chi connectivity index (χ3v) is 3.92. The summed E-state index contributed by atoms with van der Waals surface area (Å²) in [6.45, 7) is 5.14. The summed E-state index contributed by atoms with van der Waals surface area (Å²) in [5, 5.41) is 0.758. The lowest BCUT2D eigenvalue weighted by atomic mass is 10.0. The number of ether oxygens (including phenoxy) is 1. The van der Waals surface area contributed by atoms with E-state index < -0.39 is 0 Å². The van der Waals surface area contributed by atoms with Gasteiger partial charge in [-0.1, -0.05) is 11.6 Å². The number of rotatable bonds is 4. The molecule has 0 aliphatic carbocycles. The Balaban J connectivity index is 0.00000180. The van der Waals surface area contributed by atoms with E-state index in [1.807, 2.05) is 18.2 Å². The van der Waals surface area contributed by atoms with Gasteiger partial charge in [-0.3, -0.25) is 4.90 Å². The van der Waals surface area contributed by atoms with Crippen molar-refractivity contribution in [2.45, 2.75) is 25.9 Å². The highest BCUT2D eigenvalue weighted by Crippen LogP contribution is 2.27. The number of benzene rings is 1. The SMILES string of the molecule is COc1ccc(Cl)cc1CN1CCC(C(C)N)C1.Cl. The molecular formula is C14H22Cl2N2O. The average molecular weight is 305 g/mol. The molecule has 1 aliphatic rings. The van der Waals surface area contributed by atoms with Gasteiger partial charge < -0.3 is 10.5 Å². The third-order valence-electron chi connectivity index (χ3n) is 3.69. The molecule has 2 rings (SSSR count). The van der Waals surface area contributed by atoms with Gasteiger partial charge in [-0.2, -0.15) is 0 Å². The molecular weight excluding hydrogens is 283 g/mol. The van der Waals surface area contributed by atoms with Gasteiger partial charge in [-0.05, 0) is 44.0 Å². The van der Waals surface area contributed by atoms with Crippen molar-refractivity contribution >= 4 is 24.0 Å². The Morgan fingerprint density at radius 2 is 2.26 bits per heavy atom. The topological polar surface area (TPSA) is 38.5 Å². The zero-order chi connectivity index (χ0) is 13.1. The van der Waals surface area contributed by atoms with Gasteiger partial charge in [0.05, 0.1) is 7.11 Å². The molecule has 0 radical (unpaired) electrons. The molecule has 1 aliphatic heterocycles. The standard InChI is InChI=1S/C14H21ClN2O.ClH/c1-10(16)11-5-6-17(8-11)9-12-7-13(15)3-4-14(12)18-2;/h3-4,7,10-11H,5-6,8-9,16H2,1-2H3;1H. The summed E-state index contributed by atoms with van der Waals surface area (Å²) < 4.78 is 5.37. The minimum absolute atomic E-state index is 0. The maximum absolute atomic E-state index is 6.04. The van der Waals surface area contributed by atoms with Crippen molar-refractivity contribution in [2.75, 3.05) is 20.2 Å². The molecule has 1 fully saturated rings. The molecule has 2 atom stereocenters. The van der Waals surface area contributed by atoms with E-state index in [-0.39, 0.29) is 18.4 Å². The van der Waals surface area contributed by atoms with Crippen molar-refractivity contribution in [3.63, 3.8) is 0 Å². The molecule has 2 N–H and O–H groups in total. The monoisotopic (exact) mass is 304 g/mol. The minimum atomic E-state index is 0. The summed E-state index contributed by atoms with van der Waals surface area (Å²) in [4.78, 5) is 2.42. The van der Waals surface area contributed by atoms with Crippen molar-refractivity contribution in [1.29, 1.82) is 0 Å². The van der Waals surface area contributed by atoms with Gasteiger partial charge in [0.2, 0.25) is 0 Å². The second-order valence-electron chi connectivity index (χ2n) is 5.10. The molecule has 3 nitrogen and oxygen atoms in total. The van der Waals surface area contributed by atoms with E-state index in [0.29, 0.717) is 5.92 Å². The van der Waals surface area contributed by atoms with E-state index in [9.17, 15) is 0 Å². The highest BCUT2D eigenvalue weighted by molar-refractivity contribution is 6.30. The van der Waals surface area contributed by atoms with Gasteiger partial charge in [-0.15, -0.1) is 12.4 Å². The fraction of sp³-hybridized carbons (Fsp3) is 0.571. The number of hydrogen-bond acceptors (Lipinski definition) is 3. The summed E-state index contributed by atoms with van der Waals surface area (Å²) in [6, 6.07) is 6.05. The van der Waals surface area contributed by atoms with Crippen molar-refractivity contribution in [1.82, 2.24) is 4.90 Å². The van der Waals surface area contributed by atoms with Crippen LogP contribution in [0.25, 0.3) is 0 Å². The highest BCUT2D eigenvalue weighted by Gasteiger charge is 2.25. The van der Waals surface area contributed by atoms with Crippen molar-refractivity contribution < 1.29 is 4.74 Å². The van der Waals surface area contributed by atoms with Crippen LogP contribution in [-0.2, 0) is 6.54 Å². The van der Waals surface area contributed by atoms with Crippen LogP contribution in [0, 0.1) is 5.92 Å². The predicted octanol–water partition coefficient (Wildman–Crippen LogP) is 2.94. The number of likely N-dealkylation sites (tertiary alicyclic amines) is 1. The summed E-state index contributed by atoms with van der Waals surface area (Å²) >= 11 is 6.04. The maximum Gasteiger partial charge on any atom is 0.123 e. The van der Waals surface area contributed by atoms with E-state index in [2.05, 4.69) is 11.8 Å². The molecule has 1 aromatic rings. The lowest BCUT2D eigenvalue weighted by molar-refractivity contribution is 0.301. The van der Waals surface area contributed by atoms with Crippen LogP contribution in [0.4, 0.5) is 0 Å². The summed E-state index contributed by atoms with van der Waals surface area (Å²) in [6.07, 6.45) is 1.18. The van der Waals surface area contributed by atoms with Crippen molar-refractivity contribution in [2.24, 2.45) is 11.7 Å². The highest BCUT2D eigenvalue weighted by atomic mass is 35.5. The van der Waals surface area contributed by atoms with E-state index in [0.717, 1.165) is 36.0 Å². The van der Waals surface area contributed by atoms with Crippen LogP contribution in [0.1, 0.15) is 18.9 Å². The molecule has 1 aromatic carbocycles. The first-order chi connectivity index (χ1) is 8.60.